The van der Waals surface area contributed by atoms with Gasteiger partial charge in [0.15, 0.2) is 5.11 Å². The summed E-state index contributed by atoms with van der Waals surface area (Å²) >= 11 is 8.85. The fraction of sp³-hybridized carbons (Fsp3) is 0.364. The zero-order chi connectivity index (χ0) is 20.4. The third-order valence-electron chi connectivity index (χ3n) is 4.28. The average Bonchev–Trinajstić information content (AvgIpc) is 2.69. The monoisotopic (exact) mass is 462 g/mol. The molecule has 2 aromatic carbocycles. The number of carbonyl (C=O) groups is 1. The van der Waals surface area contributed by atoms with Crippen molar-refractivity contribution in [2.24, 2.45) is 0 Å². The molecule has 0 saturated carbocycles. The summed E-state index contributed by atoms with van der Waals surface area (Å²) < 4.78 is 6.55. The molecule has 0 fully saturated rings. The zero-order valence-corrected chi connectivity index (χ0v) is 18.8. The van der Waals surface area contributed by atoms with Crippen molar-refractivity contribution in [2.45, 2.75) is 39.2 Å². The van der Waals surface area contributed by atoms with Crippen molar-refractivity contribution in [3.63, 3.8) is 0 Å². The Morgan fingerprint density at radius 1 is 1.14 bits per heavy atom. The van der Waals surface area contributed by atoms with Crippen LogP contribution in [0.1, 0.15) is 48.5 Å². The number of ether oxygens (including phenoxy) is 1. The van der Waals surface area contributed by atoms with E-state index in [1.807, 2.05) is 48.3 Å². The molecule has 4 nitrogen and oxygen atoms in total. The molecular weight excluding hydrogens is 436 g/mol. The zero-order valence-electron chi connectivity index (χ0n) is 16.4. The lowest BCUT2D eigenvalue weighted by Gasteiger charge is -2.20. The first-order valence-corrected chi connectivity index (χ1v) is 10.7. The van der Waals surface area contributed by atoms with E-state index in [-0.39, 0.29) is 5.91 Å². The van der Waals surface area contributed by atoms with Crippen molar-refractivity contribution in [1.29, 1.82) is 0 Å². The van der Waals surface area contributed by atoms with Gasteiger partial charge in [0.1, 0.15) is 5.75 Å². The summed E-state index contributed by atoms with van der Waals surface area (Å²) in [5, 5.41) is 3.18. The van der Waals surface area contributed by atoms with Gasteiger partial charge < -0.3 is 9.64 Å². The molecule has 6 heteroatoms. The third kappa shape index (κ3) is 7.24. The maximum Gasteiger partial charge on any atom is 0.257 e. The molecule has 2 aromatic rings. The quantitative estimate of drug-likeness (QED) is 0.391. The Balaban J connectivity index is 1.87. The van der Waals surface area contributed by atoms with Gasteiger partial charge in [-0.05, 0) is 58.3 Å². The van der Waals surface area contributed by atoms with Crippen molar-refractivity contribution in [1.82, 2.24) is 10.2 Å². The van der Waals surface area contributed by atoms with Crippen LogP contribution < -0.4 is 10.1 Å². The van der Waals surface area contributed by atoms with Gasteiger partial charge in [-0.1, -0.05) is 56.5 Å². The standard InChI is InChI=1S/C22H27BrN2O2S/c1-3-4-5-9-14-27-20-13-12-18(15-19(20)23)21(26)24-22(28)25(2)16-17-10-7-6-8-11-17/h6-8,10-13,15H,3-5,9,14,16H2,1-2H3,(H,24,26,28). The average molecular weight is 463 g/mol. The van der Waals surface area contributed by atoms with Crippen LogP contribution in [0, 0.1) is 0 Å². The molecule has 0 aliphatic carbocycles. The number of rotatable bonds is 9. The van der Waals surface area contributed by atoms with Gasteiger partial charge in [0.2, 0.25) is 0 Å². The molecule has 1 amide bonds. The summed E-state index contributed by atoms with van der Waals surface area (Å²) in [6.45, 7) is 3.50. The molecule has 0 spiro atoms. The van der Waals surface area contributed by atoms with Gasteiger partial charge in [-0.15, -0.1) is 0 Å². The van der Waals surface area contributed by atoms with E-state index in [1.54, 1.807) is 12.1 Å². The van der Waals surface area contributed by atoms with E-state index >= 15 is 0 Å². The number of carbonyl (C=O) groups excluding carboxylic acids is 1. The van der Waals surface area contributed by atoms with Gasteiger partial charge in [-0.3, -0.25) is 10.1 Å². The summed E-state index contributed by atoms with van der Waals surface area (Å²) in [5.41, 5.74) is 1.66. The molecule has 0 aliphatic rings. The maximum atomic E-state index is 12.5. The summed E-state index contributed by atoms with van der Waals surface area (Å²) in [7, 11) is 1.86. The number of hydrogen-bond donors (Lipinski definition) is 1. The van der Waals surface area contributed by atoms with Crippen molar-refractivity contribution in [2.75, 3.05) is 13.7 Å². The first kappa shape index (κ1) is 22.4. The second kappa shape index (κ2) is 11.8. The topological polar surface area (TPSA) is 41.6 Å². The fourth-order valence-electron chi connectivity index (χ4n) is 2.66. The molecule has 0 aliphatic heterocycles. The van der Waals surface area contributed by atoms with E-state index in [2.05, 4.69) is 28.2 Å². The van der Waals surface area contributed by atoms with Gasteiger partial charge >= 0.3 is 0 Å². The first-order valence-electron chi connectivity index (χ1n) is 9.54. The Hall–Kier alpha value is -1.92. The lowest BCUT2D eigenvalue weighted by atomic mass is 10.2. The van der Waals surface area contributed by atoms with Gasteiger partial charge in [0, 0.05) is 19.2 Å². The minimum absolute atomic E-state index is 0.236. The van der Waals surface area contributed by atoms with E-state index in [0.29, 0.717) is 23.8 Å². The molecular formula is C22H27BrN2O2S. The Bertz CT molecular complexity index is 783. The molecule has 1 N–H and O–H groups in total. The van der Waals surface area contributed by atoms with Crippen LogP contribution in [0.25, 0.3) is 0 Å². The maximum absolute atomic E-state index is 12.5. The molecule has 0 bridgehead atoms. The number of unbranched alkanes of at least 4 members (excludes halogenated alkanes) is 3. The number of halogens is 1. The molecule has 150 valence electrons. The molecule has 0 aromatic heterocycles. The summed E-state index contributed by atoms with van der Waals surface area (Å²) in [5.74, 6) is 0.511. The van der Waals surface area contributed by atoms with Crippen LogP contribution >= 0.6 is 28.1 Å². The molecule has 0 heterocycles. The van der Waals surface area contributed by atoms with Gasteiger partial charge in [-0.2, -0.15) is 0 Å². The number of amides is 1. The number of benzene rings is 2. The molecule has 0 saturated heterocycles. The largest absolute Gasteiger partial charge is 0.492 e. The van der Waals surface area contributed by atoms with Crippen LogP contribution in [0.3, 0.4) is 0 Å². The predicted molar refractivity (Wildman–Crippen MR) is 122 cm³/mol. The van der Waals surface area contributed by atoms with E-state index in [1.165, 1.54) is 19.3 Å². The fourth-order valence-corrected chi connectivity index (χ4v) is 3.31. The van der Waals surface area contributed by atoms with E-state index in [0.717, 1.165) is 22.2 Å². The number of nitrogens with one attached hydrogen (secondary N) is 1. The highest BCUT2D eigenvalue weighted by atomic mass is 79.9. The Morgan fingerprint density at radius 3 is 2.57 bits per heavy atom. The highest BCUT2D eigenvalue weighted by molar-refractivity contribution is 9.10. The lowest BCUT2D eigenvalue weighted by molar-refractivity contribution is 0.0973. The number of thiocarbonyl (C=S) groups is 1. The van der Waals surface area contributed by atoms with Crippen molar-refractivity contribution >= 4 is 39.2 Å². The van der Waals surface area contributed by atoms with Crippen LogP contribution in [-0.4, -0.2) is 29.6 Å². The predicted octanol–water partition coefficient (Wildman–Crippen LogP) is 5.55. The molecule has 28 heavy (non-hydrogen) atoms. The smallest absolute Gasteiger partial charge is 0.257 e. The Labute approximate surface area is 181 Å². The van der Waals surface area contributed by atoms with Crippen molar-refractivity contribution < 1.29 is 9.53 Å². The van der Waals surface area contributed by atoms with Gasteiger partial charge in [0.05, 0.1) is 11.1 Å². The van der Waals surface area contributed by atoms with Crippen LogP contribution in [0.2, 0.25) is 0 Å². The Kier molecular flexibility index (Phi) is 9.44. The van der Waals surface area contributed by atoms with Gasteiger partial charge in [0.25, 0.3) is 5.91 Å². The minimum atomic E-state index is -0.236. The van der Waals surface area contributed by atoms with Crippen molar-refractivity contribution in [3.8, 4) is 5.75 Å². The minimum Gasteiger partial charge on any atom is -0.492 e. The highest BCUT2D eigenvalue weighted by Crippen LogP contribution is 2.26. The number of nitrogens with zero attached hydrogens (tertiary/aromatic N) is 1. The lowest BCUT2D eigenvalue weighted by Crippen LogP contribution is -2.40. The second-order valence-electron chi connectivity index (χ2n) is 6.66. The molecule has 0 atom stereocenters. The van der Waals surface area contributed by atoms with E-state index < -0.39 is 0 Å². The number of hydrogen-bond acceptors (Lipinski definition) is 3. The van der Waals surface area contributed by atoms with Crippen LogP contribution in [0.4, 0.5) is 0 Å². The SMILES string of the molecule is CCCCCCOc1ccc(C(=O)NC(=S)N(C)Cc2ccccc2)cc1Br. The Morgan fingerprint density at radius 2 is 1.89 bits per heavy atom. The van der Waals surface area contributed by atoms with Crippen LogP contribution in [-0.2, 0) is 6.54 Å². The molecule has 0 unspecified atom stereocenters. The van der Waals surface area contributed by atoms with E-state index in [4.69, 9.17) is 17.0 Å². The molecule has 2 rings (SSSR count). The second-order valence-corrected chi connectivity index (χ2v) is 7.90. The third-order valence-corrected chi connectivity index (χ3v) is 5.31. The molecule has 0 radical (unpaired) electrons. The van der Waals surface area contributed by atoms with Crippen molar-refractivity contribution in [3.05, 3.63) is 64.1 Å². The van der Waals surface area contributed by atoms with E-state index in [9.17, 15) is 4.79 Å². The summed E-state index contributed by atoms with van der Waals surface area (Å²) in [6.07, 6.45) is 4.63. The normalized spacial score (nSPS) is 10.4. The van der Waals surface area contributed by atoms with Crippen LogP contribution in [0.5, 0.6) is 5.75 Å². The first-order chi connectivity index (χ1) is 13.5. The van der Waals surface area contributed by atoms with Gasteiger partial charge in [-0.25, -0.2) is 0 Å². The summed E-state index contributed by atoms with van der Waals surface area (Å²) in [4.78, 5) is 14.4. The summed E-state index contributed by atoms with van der Waals surface area (Å²) in [6, 6.07) is 15.3. The highest BCUT2D eigenvalue weighted by Gasteiger charge is 2.13. The van der Waals surface area contributed by atoms with Crippen LogP contribution in [0.15, 0.2) is 53.0 Å².